The second-order valence-electron chi connectivity index (χ2n) is 3.55. The second-order valence-corrected chi connectivity index (χ2v) is 4.41. The van der Waals surface area contributed by atoms with Gasteiger partial charge < -0.3 is 10.8 Å². The van der Waals surface area contributed by atoms with E-state index < -0.39 is 5.41 Å². The first-order valence-corrected chi connectivity index (χ1v) is 5.09. The summed E-state index contributed by atoms with van der Waals surface area (Å²) in [5, 5.41) is 9.18. The number of halogens is 2. The van der Waals surface area contributed by atoms with Crippen molar-refractivity contribution in [1.82, 2.24) is 0 Å². The Labute approximate surface area is 91.1 Å². The molecule has 1 unspecified atom stereocenters. The van der Waals surface area contributed by atoms with Crippen LogP contribution in [0.25, 0.3) is 0 Å². The van der Waals surface area contributed by atoms with Crippen molar-refractivity contribution in [3.63, 3.8) is 0 Å². The van der Waals surface area contributed by atoms with Crippen LogP contribution in [0.1, 0.15) is 12.5 Å². The SMILES string of the molecule is CC(CN)(CO)c1ccc(Br)c(F)c1. The molecule has 1 aromatic carbocycles. The van der Waals surface area contributed by atoms with E-state index >= 15 is 0 Å². The van der Waals surface area contributed by atoms with E-state index in [9.17, 15) is 9.50 Å². The van der Waals surface area contributed by atoms with Crippen LogP contribution in [-0.4, -0.2) is 18.3 Å². The van der Waals surface area contributed by atoms with Gasteiger partial charge in [0.25, 0.3) is 0 Å². The molecule has 0 aliphatic rings. The highest BCUT2D eigenvalue weighted by Crippen LogP contribution is 2.25. The van der Waals surface area contributed by atoms with Crippen LogP contribution >= 0.6 is 15.9 Å². The third kappa shape index (κ3) is 2.13. The molecule has 0 aromatic heterocycles. The normalized spacial score (nSPS) is 15.2. The number of rotatable bonds is 3. The quantitative estimate of drug-likeness (QED) is 0.872. The molecular weight excluding hydrogens is 249 g/mol. The van der Waals surface area contributed by atoms with Crippen LogP contribution in [0.2, 0.25) is 0 Å². The summed E-state index contributed by atoms with van der Waals surface area (Å²) in [4.78, 5) is 0. The summed E-state index contributed by atoms with van der Waals surface area (Å²) in [5.41, 5.74) is 5.69. The van der Waals surface area contributed by atoms with E-state index in [4.69, 9.17) is 5.73 Å². The van der Waals surface area contributed by atoms with Crippen molar-refractivity contribution in [2.45, 2.75) is 12.3 Å². The highest BCUT2D eigenvalue weighted by Gasteiger charge is 2.24. The number of aliphatic hydroxyl groups is 1. The molecule has 0 aliphatic heterocycles. The lowest BCUT2D eigenvalue weighted by Crippen LogP contribution is -2.35. The Bertz CT molecular complexity index is 326. The summed E-state index contributed by atoms with van der Waals surface area (Å²) >= 11 is 3.07. The first-order valence-electron chi connectivity index (χ1n) is 4.30. The zero-order valence-electron chi connectivity index (χ0n) is 7.93. The zero-order chi connectivity index (χ0) is 10.8. The van der Waals surface area contributed by atoms with Gasteiger partial charge in [-0.2, -0.15) is 0 Å². The molecule has 0 saturated heterocycles. The van der Waals surface area contributed by atoms with Crippen LogP contribution in [0.3, 0.4) is 0 Å². The van der Waals surface area contributed by atoms with Gasteiger partial charge in [0.1, 0.15) is 5.82 Å². The summed E-state index contributed by atoms with van der Waals surface area (Å²) in [5.74, 6) is -0.337. The first kappa shape index (κ1) is 11.6. The molecule has 1 rings (SSSR count). The van der Waals surface area contributed by atoms with Gasteiger partial charge in [0.2, 0.25) is 0 Å². The Kier molecular flexibility index (Phi) is 3.64. The summed E-state index contributed by atoms with van der Waals surface area (Å²) in [7, 11) is 0. The van der Waals surface area contributed by atoms with Crippen molar-refractivity contribution in [3.8, 4) is 0 Å². The molecule has 3 N–H and O–H groups in total. The fourth-order valence-corrected chi connectivity index (χ4v) is 1.39. The Balaban J connectivity index is 3.12. The lowest BCUT2D eigenvalue weighted by atomic mass is 9.83. The van der Waals surface area contributed by atoms with Gasteiger partial charge >= 0.3 is 0 Å². The molecule has 0 fully saturated rings. The number of hydrogen-bond donors (Lipinski definition) is 2. The molecule has 1 aromatic rings. The molecule has 0 aliphatic carbocycles. The van der Waals surface area contributed by atoms with Gasteiger partial charge in [-0.15, -0.1) is 0 Å². The average molecular weight is 262 g/mol. The molecule has 78 valence electrons. The van der Waals surface area contributed by atoms with Crippen LogP contribution in [-0.2, 0) is 5.41 Å². The van der Waals surface area contributed by atoms with Crippen LogP contribution in [0.4, 0.5) is 4.39 Å². The van der Waals surface area contributed by atoms with Gasteiger partial charge in [0, 0.05) is 12.0 Å². The number of nitrogens with two attached hydrogens (primary N) is 1. The van der Waals surface area contributed by atoms with Crippen molar-refractivity contribution < 1.29 is 9.50 Å². The molecule has 0 radical (unpaired) electrons. The van der Waals surface area contributed by atoms with Crippen LogP contribution < -0.4 is 5.73 Å². The van der Waals surface area contributed by atoms with Gasteiger partial charge in [-0.3, -0.25) is 0 Å². The zero-order valence-corrected chi connectivity index (χ0v) is 9.51. The van der Waals surface area contributed by atoms with E-state index in [2.05, 4.69) is 15.9 Å². The molecule has 0 spiro atoms. The topological polar surface area (TPSA) is 46.2 Å². The van der Waals surface area contributed by atoms with Gasteiger partial charge in [-0.25, -0.2) is 4.39 Å². The van der Waals surface area contributed by atoms with Crippen LogP contribution in [0.5, 0.6) is 0 Å². The minimum atomic E-state index is -0.568. The van der Waals surface area contributed by atoms with Crippen molar-refractivity contribution in [3.05, 3.63) is 34.1 Å². The van der Waals surface area contributed by atoms with E-state index in [-0.39, 0.29) is 19.0 Å². The summed E-state index contributed by atoms with van der Waals surface area (Å²) in [6.07, 6.45) is 0. The predicted octanol–water partition coefficient (Wildman–Crippen LogP) is 1.80. The van der Waals surface area contributed by atoms with Crippen LogP contribution in [0.15, 0.2) is 22.7 Å². The largest absolute Gasteiger partial charge is 0.395 e. The van der Waals surface area contributed by atoms with Crippen molar-refractivity contribution in [1.29, 1.82) is 0 Å². The Morgan fingerprint density at radius 1 is 1.57 bits per heavy atom. The highest BCUT2D eigenvalue weighted by atomic mass is 79.9. The lowest BCUT2D eigenvalue weighted by Gasteiger charge is -2.26. The third-order valence-electron chi connectivity index (χ3n) is 2.42. The van der Waals surface area contributed by atoms with E-state index in [1.54, 1.807) is 19.1 Å². The molecule has 2 nitrogen and oxygen atoms in total. The Hall–Kier alpha value is -0.450. The molecule has 4 heteroatoms. The smallest absolute Gasteiger partial charge is 0.137 e. The maximum absolute atomic E-state index is 13.2. The van der Waals surface area contributed by atoms with E-state index in [0.717, 1.165) is 0 Å². The molecule has 0 amide bonds. The first-order chi connectivity index (χ1) is 6.53. The predicted molar refractivity (Wildman–Crippen MR) is 57.6 cm³/mol. The summed E-state index contributed by atoms with van der Waals surface area (Å²) in [6.45, 7) is 1.99. The monoisotopic (exact) mass is 261 g/mol. The average Bonchev–Trinajstić information content (AvgIpc) is 2.21. The van der Waals surface area contributed by atoms with Crippen molar-refractivity contribution >= 4 is 15.9 Å². The minimum absolute atomic E-state index is 0.0927. The van der Waals surface area contributed by atoms with E-state index in [1.807, 2.05) is 0 Å². The molecule has 0 bridgehead atoms. The molecule has 0 saturated carbocycles. The Morgan fingerprint density at radius 3 is 2.64 bits per heavy atom. The summed E-state index contributed by atoms with van der Waals surface area (Å²) in [6, 6.07) is 4.78. The molecule has 1 atom stereocenters. The highest BCUT2D eigenvalue weighted by molar-refractivity contribution is 9.10. The fraction of sp³-hybridized carbons (Fsp3) is 0.400. The number of aliphatic hydroxyl groups excluding tert-OH is 1. The molecular formula is C10H13BrFNO. The van der Waals surface area contributed by atoms with Crippen molar-refractivity contribution in [2.75, 3.05) is 13.2 Å². The standard InChI is InChI=1S/C10H13BrFNO/c1-10(5-13,6-14)7-2-3-8(11)9(12)4-7/h2-4,14H,5-6,13H2,1H3. The second kappa shape index (κ2) is 4.38. The number of benzene rings is 1. The maximum Gasteiger partial charge on any atom is 0.137 e. The van der Waals surface area contributed by atoms with E-state index in [0.29, 0.717) is 10.0 Å². The fourth-order valence-electron chi connectivity index (χ4n) is 1.15. The van der Waals surface area contributed by atoms with Gasteiger partial charge in [0.05, 0.1) is 11.1 Å². The lowest BCUT2D eigenvalue weighted by molar-refractivity contribution is 0.210. The minimum Gasteiger partial charge on any atom is -0.395 e. The third-order valence-corrected chi connectivity index (χ3v) is 3.06. The maximum atomic E-state index is 13.2. The van der Waals surface area contributed by atoms with Gasteiger partial charge in [0.15, 0.2) is 0 Å². The molecule has 0 heterocycles. The van der Waals surface area contributed by atoms with Gasteiger partial charge in [-0.05, 0) is 33.6 Å². The van der Waals surface area contributed by atoms with Gasteiger partial charge in [-0.1, -0.05) is 13.0 Å². The van der Waals surface area contributed by atoms with E-state index in [1.165, 1.54) is 6.07 Å². The summed E-state index contributed by atoms with van der Waals surface area (Å²) < 4.78 is 13.6. The number of hydrogen-bond acceptors (Lipinski definition) is 2. The Morgan fingerprint density at radius 2 is 2.21 bits per heavy atom. The van der Waals surface area contributed by atoms with Crippen molar-refractivity contribution in [2.24, 2.45) is 5.73 Å². The van der Waals surface area contributed by atoms with Crippen LogP contribution in [0, 0.1) is 5.82 Å². The molecule has 14 heavy (non-hydrogen) atoms.